The van der Waals surface area contributed by atoms with E-state index in [-0.39, 0.29) is 10.8 Å². The molecule has 4 fully saturated rings. The molecule has 3 N–H and O–H groups in total. The standard InChI is InChI=1S/C24H27ClN2O4S/c1-15-2-5-20(9-21(15)32(30,31)27-19-6-3-18(25)4-7-19)26-22(28)23-10-16-8-17(11-23)13-24(29,12-16)14-23/h2-7,9,16-17,27,29H,8,10-14H2,1H3,(H,26,28). The van der Waals surface area contributed by atoms with Crippen molar-refractivity contribution in [1.82, 2.24) is 0 Å². The first kappa shape index (κ1) is 21.7. The number of anilines is 2. The average molecular weight is 475 g/mol. The number of rotatable bonds is 5. The lowest BCUT2D eigenvalue weighted by Gasteiger charge is -2.59. The molecule has 170 valence electrons. The number of hydrogen-bond donors (Lipinski definition) is 3. The van der Waals surface area contributed by atoms with Gasteiger partial charge in [-0.1, -0.05) is 17.7 Å². The van der Waals surface area contributed by atoms with Crippen molar-refractivity contribution in [2.24, 2.45) is 17.3 Å². The highest BCUT2D eigenvalue weighted by Crippen LogP contribution is 2.61. The number of carbonyl (C=O) groups excluding carboxylic acids is 1. The zero-order valence-electron chi connectivity index (χ0n) is 17.9. The fourth-order valence-corrected chi connectivity index (χ4v) is 7.90. The zero-order valence-corrected chi connectivity index (χ0v) is 19.5. The Morgan fingerprint density at radius 1 is 1.03 bits per heavy atom. The van der Waals surface area contributed by atoms with Gasteiger partial charge in [0, 0.05) is 16.4 Å². The third kappa shape index (κ3) is 3.91. The van der Waals surface area contributed by atoms with Crippen molar-refractivity contribution in [2.45, 2.75) is 55.9 Å². The summed E-state index contributed by atoms with van der Waals surface area (Å²) in [5.41, 5.74) is 0.133. The fourth-order valence-electron chi connectivity index (χ4n) is 6.44. The Kier molecular flexibility index (Phi) is 5.07. The van der Waals surface area contributed by atoms with Gasteiger partial charge < -0.3 is 10.4 Å². The highest BCUT2D eigenvalue weighted by atomic mass is 35.5. The molecule has 6 rings (SSSR count). The minimum absolute atomic E-state index is 0.106. The molecule has 0 aliphatic heterocycles. The molecule has 2 unspecified atom stereocenters. The lowest BCUT2D eigenvalue weighted by molar-refractivity contribution is -0.174. The Hall–Kier alpha value is -2.09. The Balaban J connectivity index is 1.38. The minimum Gasteiger partial charge on any atom is -0.390 e. The Morgan fingerprint density at radius 2 is 1.66 bits per heavy atom. The highest BCUT2D eigenvalue weighted by molar-refractivity contribution is 7.92. The summed E-state index contributed by atoms with van der Waals surface area (Å²) in [6, 6.07) is 11.3. The number of halogens is 1. The lowest BCUT2D eigenvalue weighted by atomic mass is 9.47. The number of nitrogens with one attached hydrogen (secondary N) is 2. The van der Waals surface area contributed by atoms with Crippen LogP contribution in [0.5, 0.6) is 0 Å². The van der Waals surface area contributed by atoms with Crippen molar-refractivity contribution in [3.8, 4) is 0 Å². The van der Waals surface area contributed by atoms with Crippen molar-refractivity contribution in [2.75, 3.05) is 10.0 Å². The second kappa shape index (κ2) is 7.47. The van der Waals surface area contributed by atoms with Crippen LogP contribution in [0.1, 0.15) is 44.1 Å². The molecule has 0 spiro atoms. The van der Waals surface area contributed by atoms with E-state index < -0.39 is 21.0 Å². The highest BCUT2D eigenvalue weighted by Gasteiger charge is 2.60. The Bertz CT molecular complexity index is 1160. The first-order chi connectivity index (χ1) is 15.1. The van der Waals surface area contributed by atoms with E-state index in [9.17, 15) is 18.3 Å². The number of aryl methyl sites for hydroxylation is 1. The summed E-state index contributed by atoms with van der Waals surface area (Å²) in [6.45, 7) is 1.72. The predicted octanol–water partition coefficient (Wildman–Crippen LogP) is 4.72. The van der Waals surface area contributed by atoms with Gasteiger partial charge in [0.05, 0.1) is 15.9 Å². The van der Waals surface area contributed by atoms with Crippen molar-refractivity contribution in [1.29, 1.82) is 0 Å². The van der Waals surface area contributed by atoms with Crippen LogP contribution in [-0.2, 0) is 14.8 Å². The molecule has 2 atom stereocenters. The SMILES string of the molecule is Cc1ccc(NC(=O)C23CC4CC(CC(O)(C4)C2)C3)cc1S(=O)(=O)Nc1ccc(Cl)cc1. The van der Waals surface area contributed by atoms with Crippen LogP contribution >= 0.6 is 11.6 Å². The van der Waals surface area contributed by atoms with Gasteiger partial charge in [0.1, 0.15) is 0 Å². The summed E-state index contributed by atoms with van der Waals surface area (Å²) in [6.07, 6.45) is 4.78. The van der Waals surface area contributed by atoms with Crippen molar-refractivity contribution < 1.29 is 18.3 Å². The first-order valence-corrected chi connectivity index (χ1v) is 12.8. The number of carbonyl (C=O) groups is 1. The maximum Gasteiger partial charge on any atom is 0.262 e. The lowest BCUT2D eigenvalue weighted by Crippen LogP contribution is -2.59. The molecular formula is C24H27ClN2O4S. The van der Waals surface area contributed by atoms with E-state index >= 15 is 0 Å². The average Bonchev–Trinajstić information content (AvgIpc) is 2.69. The summed E-state index contributed by atoms with van der Waals surface area (Å²) in [5.74, 6) is 0.678. The maximum absolute atomic E-state index is 13.4. The molecule has 4 aliphatic carbocycles. The molecular weight excluding hydrogens is 448 g/mol. The number of benzene rings is 2. The van der Waals surface area contributed by atoms with Crippen LogP contribution in [0.4, 0.5) is 11.4 Å². The van der Waals surface area contributed by atoms with Crippen LogP contribution in [-0.4, -0.2) is 25.0 Å². The quantitative estimate of drug-likeness (QED) is 0.584. The third-order valence-electron chi connectivity index (χ3n) is 7.34. The van der Waals surface area contributed by atoms with Crippen molar-refractivity contribution >= 4 is 38.9 Å². The molecule has 6 nitrogen and oxygen atoms in total. The number of hydrogen-bond acceptors (Lipinski definition) is 4. The van der Waals surface area contributed by atoms with Gasteiger partial charge in [-0.3, -0.25) is 9.52 Å². The van der Waals surface area contributed by atoms with Crippen LogP contribution in [0.3, 0.4) is 0 Å². The monoisotopic (exact) mass is 474 g/mol. The molecule has 2 aromatic carbocycles. The molecule has 4 bridgehead atoms. The molecule has 4 saturated carbocycles. The molecule has 1 amide bonds. The first-order valence-electron chi connectivity index (χ1n) is 11.0. The van der Waals surface area contributed by atoms with E-state index in [1.807, 2.05) is 0 Å². The predicted molar refractivity (Wildman–Crippen MR) is 124 cm³/mol. The molecule has 4 aliphatic rings. The van der Waals surface area contributed by atoms with Gasteiger partial charge in [-0.15, -0.1) is 0 Å². The van der Waals surface area contributed by atoms with Gasteiger partial charge in [0.15, 0.2) is 0 Å². The topological polar surface area (TPSA) is 95.5 Å². The Morgan fingerprint density at radius 3 is 2.28 bits per heavy atom. The second-order valence-electron chi connectivity index (χ2n) is 10.0. The van der Waals surface area contributed by atoms with Gasteiger partial charge in [0.25, 0.3) is 10.0 Å². The maximum atomic E-state index is 13.4. The Labute approximate surface area is 193 Å². The van der Waals surface area contributed by atoms with E-state index in [1.165, 1.54) is 6.07 Å². The van der Waals surface area contributed by atoms with Crippen LogP contribution < -0.4 is 10.0 Å². The molecule has 0 saturated heterocycles. The molecule has 32 heavy (non-hydrogen) atoms. The normalized spacial score (nSPS) is 30.8. The van der Waals surface area contributed by atoms with Crippen LogP contribution in [0.15, 0.2) is 47.4 Å². The molecule has 2 aromatic rings. The van der Waals surface area contributed by atoms with E-state index in [0.29, 0.717) is 40.2 Å². The van der Waals surface area contributed by atoms with Gasteiger partial charge in [0.2, 0.25) is 5.91 Å². The van der Waals surface area contributed by atoms with Crippen LogP contribution in [0.2, 0.25) is 5.02 Å². The van der Waals surface area contributed by atoms with E-state index in [2.05, 4.69) is 10.0 Å². The van der Waals surface area contributed by atoms with E-state index in [0.717, 1.165) is 32.1 Å². The summed E-state index contributed by atoms with van der Waals surface area (Å²) >= 11 is 5.88. The molecule has 0 heterocycles. The van der Waals surface area contributed by atoms with Gasteiger partial charge in [-0.25, -0.2) is 8.42 Å². The molecule has 8 heteroatoms. The summed E-state index contributed by atoms with van der Waals surface area (Å²) in [4.78, 5) is 13.5. The third-order valence-corrected chi connectivity index (χ3v) is 9.12. The number of aliphatic hydroxyl groups is 1. The number of sulfonamides is 1. The minimum atomic E-state index is -3.85. The van der Waals surface area contributed by atoms with E-state index in [4.69, 9.17) is 11.6 Å². The van der Waals surface area contributed by atoms with Crippen molar-refractivity contribution in [3.63, 3.8) is 0 Å². The van der Waals surface area contributed by atoms with Crippen molar-refractivity contribution in [3.05, 3.63) is 53.1 Å². The second-order valence-corrected chi connectivity index (χ2v) is 12.1. The summed E-state index contributed by atoms with van der Waals surface area (Å²) in [7, 11) is -3.85. The molecule has 0 radical (unpaired) electrons. The van der Waals surface area contributed by atoms with Gasteiger partial charge in [-0.2, -0.15) is 0 Å². The van der Waals surface area contributed by atoms with Gasteiger partial charge >= 0.3 is 0 Å². The summed E-state index contributed by atoms with van der Waals surface area (Å²) < 4.78 is 28.6. The number of amides is 1. The smallest absolute Gasteiger partial charge is 0.262 e. The van der Waals surface area contributed by atoms with E-state index in [1.54, 1.807) is 43.3 Å². The van der Waals surface area contributed by atoms with Crippen LogP contribution in [0.25, 0.3) is 0 Å². The largest absolute Gasteiger partial charge is 0.390 e. The summed E-state index contributed by atoms with van der Waals surface area (Å²) in [5, 5.41) is 14.4. The fraction of sp³-hybridized carbons (Fsp3) is 0.458. The molecule has 0 aromatic heterocycles. The van der Waals surface area contributed by atoms with Gasteiger partial charge in [-0.05, 0) is 99.2 Å². The zero-order chi connectivity index (χ0) is 22.7. The van der Waals surface area contributed by atoms with Crippen LogP contribution in [0, 0.1) is 24.2 Å².